The van der Waals surface area contributed by atoms with Gasteiger partial charge in [-0.25, -0.2) is 0 Å². The monoisotopic (exact) mass is 464 g/mol. The van der Waals surface area contributed by atoms with Crippen molar-refractivity contribution in [1.29, 1.82) is 0 Å². The van der Waals surface area contributed by atoms with Crippen molar-refractivity contribution < 1.29 is 20.4 Å². The van der Waals surface area contributed by atoms with Crippen LogP contribution in [-0.4, -0.2) is 16.5 Å². The minimum Gasteiger partial charge on any atom is -0.0939 e. The van der Waals surface area contributed by atoms with Gasteiger partial charge in [0.1, 0.15) is 0 Å². The van der Waals surface area contributed by atoms with Crippen LogP contribution in [-0.2, 0) is 20.4 Å². The van der Waals surface area contributed by atoms with E-state index >= 15 is 0 Å². The third-order valence-electron chi connectivity index (χ3n) is 9.89. The van der Waals surface area contributed by atoms with E-state index in [0.29, 0.717) is 0 Å². The van der Waals surface area contributed by atoms with Crippen LogP contribution in [0.25, 0.3) is 0 Å². The summed E-state index contributed by atoms with van der Waals surface area (Å²) in [7, 11) is 0.285. The second kappa shape index (κ2) is 6.82. The van der Waals surface area contributed by atoms with Gasteiger partial charge >= 0.3 is 0 Å². The summed E-state index contributed by atoms with van der Waals surface area (Å²) in [5.41, 5.74) is 0. The summed E-state index contributed by atoms with van der Waals surface area (Å²) in [5, 5.41) is 1.76. The molecule has 150 valence electrons. The molecule has 8 aliphatic rings. The van der Waals surface area contributed by atoms with Crippen molar-refractivity contribution in [2.45, 2.75) is 107 Å². The van der Waals surface area contributed by atoms with Crippen LogP contribution in [0.5, 0.6) is 0 Å². The van der Waals surface area contributed by atoms with Crippen LogP contribution in [0.3, 0.4) is 0 Å². The van der Waals surface area contributed by atoms with Gasteiger partial charge in [0.15, 0.2) is 0 Å². The smallest absolute Gasteiger partial charge is 0 e. The molecule has 8 saturated carbocycles. The number of hydrogen-bond acceptors (Lipinski definition) is 0. The zero-order valence-corrected chi connectivity index (χ0v) is 19.3. The van der Waals surface area contributed by atoms with Crippen LogP contribution in [0.1, 0.15) is 96.8 Å². The van der Waals surface area contributed by atoms with Crippen molar-refractivity contribution in [2.75, 3.05) is 6.16 Å². The van der Waals surface area contributed by atoms with E-state index in [9.17, 15) is 0 Å². The fraction of sp³-hybridized carbons (Fsp3) is 1.00. The summed E-state index contributed by atoms with van der Waals surface area (Å²) in [6.07, 6.45) is 24.6. The molecule has 2 heteroatoms. The SMILES string of the molecule is CCCCP(C12CC3CC(CC(C3)C1)C2)C12CC3CC(CC(C3)C1)C2.[Pd]. The summed E-state index contributed by atoms with van der Waals surface area (Å²) < 4.78 is 0. The molecule has 0 amide bonds. The molecule has 0 spiro atoms. The van der Waals surface area contributed by atoms with E-state index in [1.165, 1.54) is 6.42 Å². The molecule has 26 heavy (non-hydrogen) atoms. The quantitative estimate of drug-likeness (QED) is 0.298. The molecule has 0 unspecified atom stereocenters. The summed E-state index contributed by atoms with van der Waals surface area (Å²) in [6.45, 7) is 2.45. The van der Waals surface area contributed by atoms with Crippen LogP contribution in [0.15, 0.2) is 0 Å². The molecule has 8 bridgehead atoms. The Bertz CT molecular complexity index is 426. The average molecular weight is 465 g/mol. The molecule has 0 aromatic rings. The predicted octanol–water partition coefficient (Wildman–Crippen LogP) is 7.20. The zero-order valence-electron chi connectivity index (χ0n) is 16.8. The Labute approximate surface area is 176 Å². The van der Waals surface area contributed by atoms with Crippen molar-refractivity contribution in [3.05, 3.63) is 0 Å². The first-order chi connectivity index (χ1) is 12.2. The second-order valence-corrected chi connectivity index (χ2v) is 15.0. The first-order valence-corrected chi connectivity index (χ1v) is 13.5. The number of rotatable bonds is 5. The minimum atomic E-state index is 0. The normalized spacial score (nSPS) is 54.3. The Balaban J connectivity index is 0.00000150. The van der Waals surface area contributed by atoms with Gasteiger partial charge in [-0.05, 0) is 135 Å². The predicted molar refractivity (Wildman–Crippen MR) is 109 cm³/mol. The molecule has 8 rings (SSSR count). The van der Waals surface area contributed by atoms with Gasteiger partial charge < -0.3 is 0 Å². The molecule has 0 nitrogen and oxygen atoms in total. The Morgan fingerprint density at radius 1 is 0.615 bits per heavy atom. The summed E-state index contributed by atoms with van der Waals surface area (Å²) >= 11 is 0. The summed E-state index contributed by atoms with van der Waals surface area (Å²) in [4.78, 5) is 0. The van der Waals surface area contributed by atoms with Crippen LogP contribution in [0.4, 0.5) is 0 Å². The van der Waals surface area contributed by atoms with Gasteiger partial charge in [-0.3, -0.25) is 0 Å². The van der Waals surface area contributed by atoms with Crippen molar-refractivity contribution in [3.8, 4) is 0 Å². The van der Waals surface area contributed by atoms with E-state index < -0.39 is 0 Å². The Morgan fingerprint density at radius 3 is 1.19 bits per heavy atom. The van der Waals surface area contributed by atoms with Crippen LogP contribution < -0.4 is 0 Å². The van der Waals surface area contributed by atoms with Gasteiger partial charge in [0.25, 0.3) is 0 Å². The molecule has 0 radical (unpaired) electrons. The summed E-state index contributed by atoms with van der Waals surface area (Å²) in [6, 6.07) is 0. The van der Waals surface area contributed by atoms with Crippen LogP contribution in [0.2, 0.25) is 0 Å². The van der Waals surface area contributed by atoms with E-state index in [2.05, 4.69) is 6.92 Å². The standard InChI is InChI=1S/C24H39P.Pd/c1-2-3-4-25(23-11-17-5-18(12-23)7-19(6-17)13-23)24-14-20-8-21(15-24)10-22(9-20)16-24;/h17-22H,2-16H2,1H3;. The fourth-order valence-electron chi connectivity index (χ4n) is 10.1. The topological polar surface area (TPSA) is 0 Å². The third-order valence-corrected chi connectivity index (χ3v) is 14.0. The van der Waals surface area contributed by atoms with E-state index in [4.69, 9.17) is 0 Å². The average Bonchev–Trinajstić information content (AvgIpc) is 2.52. The zero-order chi connectivity index (χ0) is 16.6. The maximum Gasteiger partial charge on any atom is 0 e. The molecule has 0 aromatic heterocycles. The van der Waals surface area contributed by atoms with Gasteiger partial charge in [0.2, 0.25) is 0 Å². The summed E-state index contributed by atoms with van der Waals surface area (Å²) in [5.74, 6) is 6.95. The minimum absolute atomic E-state index is 0. The largest absolute Gasteiger partial charge is 0.0939 e. The Kier molecular flexibility index (Phi) is 5.00. The van der Waals surface area contributed by atoms with E-state index in [-0.39, 0.29) is 28.3 Å². The van der Waals surface area contributed by atoms with Gasteiger partial charge in [0, 0.05) is 20.4 Å². The molecule has 0 heterocycles. The Hall–Kier alpha value is 1.09. The molecular weight excluding hydrogens is 426 g/mol. The second-order valence-electron chi connectivity index (χ2n) is 11.8. The van der Waals surface area contributed by atoms with Crippen LogP contribution in [0, 0.1) is 35.5 Å². The van der Waals surface area contributed by atoms with Gasteiger partial charge in [-0.15, -0.1) is 0 Å². The molecule has 0 aromatic carbocycles. The molecule has 0 atom stereocenters. The van der Waals surface area contributed by atoms with Crippen LogP contribution >= 0.6 is 7.92 Å². The van der Waals surface area contributed by atoms with E-state index in [1.807, 2.05) is 0 Å². The Morgan fingerprint density at radius 2 is 0.923 bits per heavy atom. The van der Waals surface area contributed by atoms with E-state index in [0.717, 1.165) is 45.8 Å². The molecule has 0 saturated heterocycles. The molecule has 8 fully saturated rings. The third kappa shape index (κ3) is 2.88. The molecular formula is C24H39PPd. The maximum atomic E-state index is 2.45. The van der Waals surface area contributed by atoms with E-state index in [1.54, 1.807) is 89.6 Å². The van der Waals surface area contributed by atoms with Crippen molar-refractivity contribution in [3.63, 3.8) is 0 Å². The first kappa shape index (κ1) is 19.1. The van der Waals surface area contributed by atoms with Gasteiger partial charge in [-0.1, -0.05) is 21.3 Å². The van der Waals surface area contributed by atoms with Crippen molar-refractivity contribution >= 4 is 7.92 Å². The maximum absolute atomic E-state index is 2.45. The van der Waals surface area contributed by atoms with Crippen molar-refractivity contribution in [2.24, 2.45) is 35.5 Å². The fourth-order valence-corrected chi connectivity index (χ4v) is 15.5. The molecule has 0 aliphatic heterocycles. The number of unbranched alkanes of at least 4 members (excludes halogenated alkanes) is 1. The van der Waals surface area contributed by atoms with Gasteiger partial charge in [0.05, 0.1) is 0 Å². The first-order valence-electron chi connectivity index (χ1n) is 11.9. The van der Waals surface area contributed by atoms with Gasteiger partial charge in [-0.2, -0.15) is 0 Å². The number of hydrogen-bond donors (Lipinski definition) is 0. The molecule has 8 aliphatic carbocycles. The molecule has 0 N–H and O–H groups in total. The van der Waals surface area contributed by atoms with Crippen molar-refractivity contribution in [1.82, 2.24) is 0 Å².